The van der Waals surface area contributed by atoms with E-state index < -0.39 is 0 Å². The van der Waals surface area contributed by atoms with E-state index in [1.54, 1.807) is 12.1 Å². The zero-order chi connectivity index (χ0) is 14.8. The van der Waals surface area contributed by atoms with Crippen LogP contribution < -0.4 is 10.1 Å². The molecule has 0 radical (unpaired) electrons. The number of likely N-dealkylation sites (N-methyl/N-ethyl adjacent to an activating group) is 1. The number of phenols is 1. The molecule has 0 spiro atoms. The number of phenolic OH excluding ortho intramolecular Hbond substituents is 1. The molecule has 0 unspecified atom stereocenters. The highest BCUT2D eigenvalue weighted by Crippen LogP contribution is 2.35. The number of aromatic hydroxyl groups is 1. The Kier molecular flexibility index (Phi) is 4.18. The highest BCUT2D eigenvalue weighted by molar-refractivity contribution is 5.97. The molecule has 110 valence electrons. The third-order valence-corrected chi connectivity index (χ3v) is 4.26. The van der Waals surface area contributed by atoms with Crippen molar-refractivity contribution in [3.63, 3.8) is 0 Å². The van der Waals surface area contributed by atoms with Crippen molar-refractivity contribution in [2.24, 2.45) is 0 Å². The number of carbonyl (C=O) groups is 1. The van der Waals surface area contributed by atoms with Crippen molar-refractivity contribution < 1.29 is 14.6 Å². The first-order valence-electron chi connectivity index (χ1n) is 6.81. The van der Waals surface area contributed by atoms with Gasteiger partial charge in [0.25, 0.3) is 5.91 Å². The van der Waals surface area contributed by atoms with Gasteiger partial charge < -0.3 is 20.1 Å². The number of ether oxygens (including phenoxy) is 1. The van der Waals surface area contributed by atoms with E-state index in [9.17, 15) is 9.90 Å². The van der Waals surface area contributed by atoms with Crippen LogP contribution in [0.2, 0.25) is 0 Å². The van der Waals surface area contributed by atoms with Crippen LogP contribution in [0.4, 0.5) is 0 Å². The van der Waals surface area contributed by atoms with Crippen LogP contribution >= 0.6 is 0 Å². The van der Waals surface area contributed by atoms with Gasteiger partial charge in [-0.1, -0.05) is 0 Å². The summed E-state index contributed by atoms with van der Waals surface area (Å²) in [4.78, 5) is 14.4. The second-order valence-corrected chi connectivity index (χ2v) is 5.54. The number of nitrogens with zero attached hydrogens (tertiary/aromatic N) is 1. The van der Waals surface area contributed by atoms with Gasteiger partial charge in [0.05, 0.1) is 12.7 Å². The van der Waals surface area contributed by atoms with Crippen LogP contribution in [0.15, 0.2) is 18.2 Å². The first kappa shape index (κ1) is 14.7. The molecule has 1 amide bonds. The monoisotopic (exact) mass is 278 g/mol. The van der Waals surface area contributed by atoms with Crippen molar-refractivity contribution in [2.75, 3.05) is 27.7 Å². The minimum Gasteiger partial charge on any atom is -0.507 e. The fourth-order valence-corrected chi connectivity index (χ4v) is 2.53. The molecular weight excluding hydrogens is 256 g/mol. The number of methoxy groups -OCH3 is 1. The van der Waals surface area contributed by atoms with Crippen LogP contribution in [0.25, 0.3) is 0 Å². The molecule has 2 rings (SSSR count). The predicted octanol–water partition coefficient (Wildman–Crippen LogP) is 1.61. The van der Waals surface area contributed by atoms with Crippen molar-refractivity contribution in [1.82, 2.24) is 10.2 Å². The molecule has 0 heterocycles. The fourth-order valence-electron chi connectivity index (χ4n) is 2.53. The zero-order valence-electron chi connectivity index (χ0n) is 12.3. The Hall–Kier alpha value is -1.75. The highest BCUT2D eigenvalue weighted by Gasteiger charge is 2.39. The average Bonchev–Trinajstić information content (AvgIpc) is 2.37. The van der Waals surface area contributed by atoms with Crippen molar-refractivity contribution in [3.05, 3.63) is 23.8 Å². The molecule has 1 fully saturated rings. The topological polar surface area (TPSA) is 61.8 Å². The Balaban J connectivity index is 2.05. The number of hydrogen-bond donors (Lipinski definition) is 2. The van der Waals surface area contributed by atoms with Gasteiger partial charge in [-0.3, -0.25) is 4.79 Å². The minimum atomic E-state index is -0.269. The molecular formula is C15H22N2O3. The molecule has 0 aromatic heterocycles. The second kappa shape index (κ2) is 5.71. The number of benzene rings is 1. The third-order valence-electron chi connectivity index (χ3n) is 4.26. The Morgan fingerprint density at radius 3 is 2.65 bits per heavy atom. The van der Waals surface area contributed by atoms with Crippen LogP contribution in [0.5, 0.6) is 11.5 Å². The summed E-state index contributed by atoms with van der Waals surface area (Å²) in [6.45, 7) is 0.593. The molecule has 5 heteroatoms. The second-order valence-electron chi connectivity index (χ2n) is 5.54. The van der Waals surface area contributed by atoms with Crippen molar-refractivity contribution >= 4 is 5.91 Å². The standard InChI is InChI=1S/C15H22N2O3/c1-17(2)15(7-4-8-15)10-16-14(19)12-9-11(20-3)5-6-13(12)18/h5-6,9,18H,4,7-8,10H2,1-3H3,(H,16,19). The van der Waals surface area contributed by atoms with E-state index in [4.69, 9.17) is 4.74 Å². The first-order chi connectivity index (χ1) is 9.48. The van der Waals surface area contributed by atoms with Crippen LogP contribution in [0.3, 0.4) is 0 Å². The Morgan fingerprint density at radius 2 is 2.15 bits per heavy atom. The SMILES string of the molecule is COc1ccc(O)c(C(=O)NCC2(N(C)C)CCC2)c1. The predicted molar refractivity (Wildman–Crippen MR) is 77.3 cm³/mol. The quantitative estimate of drug-likeness (QED) is 0.859. The molecule has 0 atom stereocenters. The van der Waals surface area contributed by atoms with Gasteiger partial charge in [0, 0.05) is 12.1 Å². The van der Waals surface area contributed by atoms with Crippen molar-refractivity contribution in [1.29, 1.82) is 0 Å². The molecule has 20 heavy (non-hydrogen) atoms. The molecule has 1 aromatic carbocycles. The lowest BCUT2D eigenvalue weighted by Crippen LogP contribution is -2.57. The number of rotatable bonds is 5. The van der Waals surface area contributed by atoms with E-state index in [0.717, 1.165) is 12.8 Å². The molecule has 5 nitrogen and oxygen atoms in total. The van der Waals surface area contributed by atoms with Crippen LogP contribution in [0, 0.1) is 0 Å². The summed E-state index contributed by atoms with van der Waals surface area (Å²) in [7, 11) is 5.60. The summed E-state index contributed by atoms with van der Waals surface area (Å²) < 4.78 is 5.08. The van der Waals surface area contributed by atoms with Gasteiger partial charge in [0.1, 0.15) is 11.5 Å². The Bertz CT molecular complexity index is 496. The van der Waals surface area contributed by atoms with E-state index in [0.29, 0.717) is 12.3 Å². The lowest BCUT2D eigenvalue weighted by molar-refractivity contribution is 0.0557. The number of amides is 1. The van der Waals surface area contributed by atoms with Crippen molar-refractivity contribution in [3.8, 4) is 11.5 Å². The summed E-state index contributed by atoms with van der Waals surface area (Å²) in [6.07, 6.45) is 3.37. The number of carbonyl (C=O) groups excluding carboxylic acids is 1. The maximum atomic E-state index is 12.2. The van der Waals surface area contributed by atoms with E-state index in [1.165, 1.54) is 19.6 Å². The first-order valence-corrected chi connectivity index (χ1v) is 6.81. The molecule has 0 aliphatic heterocycles. The van der Waals surface area contributed by atoms with Crippen LogP contribution in [-0.4, -0.2) is 49.2 Å². The lowest BCUT2D eigenvalue weighted by atomic mass is 9.75. The molecule has 1 aromatic rings. The van der Waals surface area contributed by atoms with E-state index in [1.807, 2.05) is 14.1 Å². The maximum absolute atomic E-state index is 12.2. The fraction of sp³-hybridized carbons (Fsp3) is 0.533. The average molecular weight is 278 g/mol. The summed E-state index contributed by atoms with van der Waals surface area (Å²) in [5, 5.41) is 12.7. The number of nitrogens with one attached hydrogen (secondary N) is 1. The van der Waals surface area contributed by atoms with Crippen LogP contribution in [0.1, 0.15) is 29.6 Å². The molecule has 1 saturated carbocycles. The van der Waals surface area contributed by atoms with Gasteiger partial charge in [-0.25, -0.2) is 0 Å². The third kappa shape index (κ3) is 2.72. The number of hydrogen-bond acceptors (Lipinski definition) is 4. The summed E-state index contributed by atoms with van der Waals surface area (Å²) >= 11 is 0. The van der Waals surface area contributed by atoms with Gasteiger partial charge in [0.2, 0.25) is 0 Å². The molecule has 1 aliphatic carbocycles. The van der Waals surface area contributed by atoms with E-state index in [2.05, 4.69) is 10.2 Å². The van der Waals surface area contributed by atoms with Gasteiger partial charge in [-0.2, -0.15) is 0 Å². The Morgan fingerprint density at radius 1 is 1.45 bits per heavy atom. The molecule has 2 N–H and O–H groups in total. The van der Waals surface area contributed by atoms with Crippen molar-refractivity contribution in [2.45, 2.75) is 24.8 Å². The van der Waals surface area contributed by atoms with Gasteiger partial charge in [-0.15, -0.1) is 0 Å². The van der Waals surface area contributed by atoms with E-state index in [-0.39, 0.29) is 22.8 Å². The van der Waals surface area contributed by atoms with Gasteiger partial charge in [-0.05, 0) is 51.6 Å². The van der Waals surface area contributed by atoms with Gasteiger partial charge in [0.15, 0.2) is 0 Å². The van der Waals surface area contributed by atoms with Gasteiger partial charge >= 0.3 is 0 Å². The minimum absolute atomic E-state index is 0.0317. The molecule has 1 aliphatic rings. The largest absolute Gasteiger partial charge is 0.507 e. The van der Waals surface area contributed by atoms with Crippen LogP contribution in [-0.2, 0) is 0 Å². The smallest absolute Gasteiger partial charge is 0.255 e. The zero-order valence-corrected chi connectivity index (χ0v) is 12.3. The lowest BCUT2D eigenvalue weighted by Gasteiger charge is -2.47. The molecule has 0 bridgehead atoms. The summed E-state index contributed by atoms with van der Waals surface area (Å²) in [5.74, 6) is 0.254. The summed E-state index contributed by atoms with van der Waals surface area (Å²) in [6, 6.07) is 4.64. The molecule has 0 saturated heterocycles. The normalized spacial score (nSPS) is 16.6. The van der Waals surface area contributed by atoms with E-state index >= 15 is 0 Å². The Labute approximate surface area is 119 Å². The highest BCUT2D eigenvalue weighted by atomic mass is 16.5. The maximum Gasteiger partial charge on any atom is 0.255 e. The summed E-state index contributed by atoms with van der Waals surface area (Å²) in [5.41, 5.74) is 0.307.